The van der Waals surface area contributed by atoms with Gasteiger partial charge in [-0.25, -0.2) is 4.79 Å². The van der Waals surface area contributed by atoms with E-state index in [1.54, 1.807) is 6.21 Å². The molecule has 0 saturated carbocycles. The molecular weight excluding hydrogens is 488 g/mol. The smallest absolute Gasteiger partial charge is 0.329 e. The van der Waals surface area contributed by atoms with E-state index < -0.39 is 17.5 Å². The first kappa shape index (κ1) is 27.7. The maximum atomic E-state index is 11.2. The van der Waals surface area contributed by atoms with Gasteiger partial charge < -0.3 is 20.4 Å². The minimum Gasteiger partial charge on any atom is -0.480 e. The largest absolute Gasteiger partial charge is 0.480 e. The lowest BCUT2D eigenvalue weighted by atomic mass is 9.84. The molecule has 2 heterocycles. The van der Waals surface area contributed by atoms with Gasteiger partial charge in [0.15, 0.2) is 0 Å². The van der Waals surface area contributed by atoms with Gasteiger partial charge in [-0.1, -0.05) is 54.6 Å². The third-order valence-corrected chi connectivity index (χ3v) is 7.12. The second kappa shape index (κ2) is 13.5. The van der Waals surface area contributed by atoms with Gasteiger partial charge in [0, 0.05) is 26.1 Å². The Kier molecular flexibility index (Phi) is 9.83. The predicted molar refractivity (Wildman–Crippen MR) is 142 cm³/mol. The molecule has 2 aromatic rings. The number of aliphatic carboxylic acids is 2. The number of carboxylic acid groups (broad SMARTS) is 2. The quantitative estimate of drug-likeness (QED) is 0.177. The van der Waals surface area contributed by atoms with Crippen LogP contribution in [0.25, 0.3) is 0 Å². The van der Waals surface area contributed by atoms with Crippen molar-refractivity contribution in [3.8, 4) is 0 Å². The molecule has 4 N–H and O–H groups in total. The molecule has 0 amide bonds. The number of nitrogens with zero attached hydrogens (tertiary/aromatic N) is 2. The molecule has 0 aromatic heterocycles. The molecule has 38 heavy (non-hydrogen) atoms. The Labute approximate surface area is 222 Å². The fourth-order valence-corrected chi connectivity index (χ4v) is 5.06. The van der Waals surface area contributed by atoms with Gasteiger partial charge in [-0.2, -0.15) is 10.6 Å². The lowest BCUT2D eigenvalue weighted by Gasteiger charge is -2.42. The Bertz CT molecular complexity index is 1070. The van der Waals surface area contributed by atoms with Crippen LogP contribution >= 0.6 is 0 Å². The molecule has 2 saturated heterocycles. The minimum absolute atomic E-state index is 0.0126. The molecule has 2 fully saturated rings. The van der Waals surface area contributed by atoms with Gasteiger partial charge in [-0.15, -0.1) is 0 Å². The van der Waals surface area contributed by atoms with Crippen molar-refractivity contribution in [3.63, 3.8) is 0 Å². The van der Waals surface area contributed by atoms with E-state index in [-0.39, 0.29) is 25.3 Å². The van der Waals surface area contributed by atoms with E-state index in [0.717, 1.165) is 30.5 Å². The number of likely N-dealkylation sites (tertiary alicyclic amines) is 1. The lowest BCUT2D eigenvalue weighted by molar-refractivity contribution is -0.159. The number of hydrogen-bond donors (Lipinski definition) is 4. The molecule has 10 nitrogen and oxygen atoms in total. The number of hydrazone groups is 1. The number of carbonyl (C=O) groups is 2. The third kappa shape index (κ3) is 8.35. The number of rotatable bonds is 13. The monoisotopic (exact) mass is 524 g/mol. The van der Waals surface area contributed by atoms with E-state index in [1.807, 2.05) is 35.2 Å². The first-order valence-corrected chi connectivity index (χ1v) is 13.0. The van der Waals surface area contributed by atoms with Crippen molar-refractivity contribution in [2.45, 2.75) is 49.9 Å². The molecule has 2 aliphatic rings. The number of benzene rings is 2. The highest BCUT2D eigenvalue weighted by Crippen LogP contribution is 2.36. The summed E-state index contributed by atoms with van der Waals surface area (Å²) in [7, 11) is 0. The van der Waals surface area contributed by atoms with Gasteiger partial charge in [-0.3, -0.25) is 14.5 Å². The molecule has 204 valence electrons. The van der Waals surface area contributed by atoms with Gasteiger partial charge in [0.05, 0.1) is 30.5 Å². The minimum atomic E-state index is -1.02. The molecule has 2 atom stereocenters. The number of hydrogen-bond acceptors (Lipinski definition) is 8. The SMILES string of the molecule is O=C(O)COC1(CC2CC(c3ccc(C=NNCCc4ccccc4)cc3)NO2)CCN(CC(=O)O)CC1. The second-order valence-corrected chi connectivity index (χ2v) is 9.95. The van der Waals surface area contributed by atoms with Crippen LogP contribution in [0.4, 0.5) is 0 Å². The number of nitrogens with one attached hydrogen (secondary N) is 2. The standard InChI is InChI=1S/C28H36N4O6/c33-26(34)19-32-14-11-28(12-15-32,37-20-27(35)36)17-24-16-25(31-38-24)23-8-6-22(7-9-23)18-30-29-13-10-21-4-2-1-3-5-21/h1-9,18,24-25,29,31H,10-17,19-20H2,(H,33,34)(H,35,36). The Morgan fingerprint density at radius 2 is 1.84 bits per heavy atom. The molecule has 10 heteroatoms. The van der Waals surface area contributed by atoms with E-state index >= 15 is 0 Å². The van der Waals surface area contributed by atoms with Crippen LogP contribution in [0.3, 0.4) is 0 Å². The molecule has 0 aliphatic carbocycles. The van der Waals surface area contributed by atoms with Crippen LogP contribution in [0.5, 0.6) is 0 Å². The summed E-state index contributed by atoms with van der Waals surface area (Å²) in [6.07, 6.45) is 4.97. The number of carboxylic acids is 2. The van der Waals surface area contributed by atoms with Crippen molar-refractivity contribution >= 4 is 18.2 Å². The van der Waals surface area contributed by atoms with Gasteiger partial charge in [0.1, 0.15) is 6.61 Å². The Balaban J connectivity index is 1.26. The van der Waals surface area contributed by atoms with Crippen LogP contribution in [0.1, 0.15) is 48.4 Å². The van der Waals surface area contributed by atoms with Gasteiger partial charge in [0.2, 0.25) is 0 Å². The average molecular weight is 525 g/mol. The second-order valence-electron chi connectivity index (χ2n) is 9.95. The first-order chi connectivity index (χ1) is 18.4. The van der Waals surface area contributed by atoms with E-state index in [1.165, 1.54) is 5.56 Å². The van der Waals surface area contributed by atoms with E-state index in [2.05, 4.69) is 40.3 Å². The molecule has 0 spiro atoms. The summed E-state index contributed by atoms with van der Waals surface area (Å²) in [6, 6.07) is 18.4. The molecule has 4 rings (SSSR count). The van der Waals surface area contributed by atoms with Crippen molar-refractivity contribution in [3.05, 3.63) is 71.3 Å². The van der Waals surface area contributed by atoms with Gasteiger partial charge in [-0.05, 0) is 42.4 Å². The van der Waals surface area contributed by atoms with Crippen LogP contribution < -0.4 is 10.9 Å². The summed E-state index contributed by atoms with van der Waals surface area (Å²) in [4.78, 5) is 30.0. The Morgan fingerprint density at radius 3 is 2.53 bits per heavy atom. The summed E-state index contributed by atoms with van der Waals surface area (Å²) in [5.74, 6) is -1.89. The fourth-order valence-electron chi connectivity index (χ4n) is 5.06. The third-order valence-electron chi connectivity index (χ3n) is 7.12. The average Bonchev–Trinajstić information content (AvgIpc) is 3.37. The van der Waals surface area contributed by atoms with Crippen LogP contribution in [-0.2, 0) is 25.6 Å². The van der Waals surface area contributed by atoms with Crippen molar-refractivity contribution in [1.82, 2.24) is 15.8 Å². The fraction of sp³-hybridized carbons (Fsp3) is 0.464. The van der Waals surface area contributed by atoms with Crippen molar-refractivity contribution in [2.24, 2.45) is 5.10 Å². The Hall–Kier alpha value is -3.31. The van der Waals surface area contributed by atoms with E-state index in [4.69, 9.17) is 19.8 Å². The summed E-state index contributed by atoms with van der Waals surface area (Å²) < 4.78 is 5.88. The molecule has 2 aliphatic heterocycles. The zero-order valence-electron chi connectivity index (χ0n) is 21.4. The topological polar surface area (TPSA) is 133 Å². The molecule has 0 bridgehead atoms. The maximum Gasteiger partial charge on any atom is 0.329 e. The predicted octanol–water partition coefficient (Wildman–Crippen LogP) is 2.60. The highest BCUT2D eigenvalue weighted by molar-refractivity contribution is 5.79. The van der Waals surface area contributed by atoms with Crippen LogP contribution in [0.2, 0.25) is 0 Å². The van der Waals surface area contributed by atoms with Crippen molar-refractivity contribution in [2.75, 3.05) is 32.8 Å². The number of hydroxylamine groups is 1. The summed E-state index contributed by atoms with van der Waals surface area (Å²) in [5.41, 5.74) is 8.91. The maximum absolute atomic E-state index is 11.2. The highest BCUT2D eigenvalue weighted by Gasteiger charge is 2.41. The van der Waals surface area contributed by atoms with Crippen LogP contribution in [0, 0.1) is 0 Å². The van der Waals surface area contributed by atoms with Crippen molar-refractivity contribution < 1.29 is 29.4 Å². The normalized spacial score (nSPS) is 21.5. The Morgan fingerprint density at radius 1 is 1.11 bits per heavy atom. The van der Waals surface area contributed by atoms with Crippen LogP contribution in [0.15, 0.2) is 59.7 Å². The first-order valence-electron chi connectivity index (χ1n) is 13.0. The molecule has 2 aromatic carbocycles. The van der Waals surface area contributed by atoms with Crippen molar-refractivity contribution in [1.29, 1.82) is 0 Å². The molecule has 2 unspecified atom stereocenters. The van der Waals surface area contributed by atoms with Gasteiger partial charge >= 0.3 is 11.9 Å². The lowest BCUT2D eigenvalue weighted by Crippen LogP contribution is -2.49. The highest BCUT2D eigenvalue weighted by atomic mass is 16.7. The van der Waals surface area contributed by atoms with Crippen LogP contribution in [-0.4, -0.2) is 77.8 Å². The molecular formula is C28H36N4O6. The summed E-state index contributed by atoms with van der Waals surface area (Å²) in [5, 5.41) is 22.5. The zero-order valence-corrected chi connectivity index (χ0v) is 21.4. The number of ether oxygens (including phenoxy) is 1. The molecule has 0 radical (unpaired) electrons. The zero-order chi connectivity index (χ0) is 26.8. The van der Waals surface area contributed by atoms with E-state index in [0.29, 0.717) is 32.4 Å². The summed E-state index contributed by atoms with van der Waals surface area (Å²) >= 11 is 0. The summed E-state index contributed by atoms with van der Waals surface area (Å²) in [6.45, 7) is 1.44. The van der Waals surface area contributed by atoms with Gasteiger partial charge in [0.25, 0.3) is 0 Å². The van der Waals surface area contributed by atoms with E-state index in [9.17, 15) is 9.59 Å². The number of piperidine rings is 1.